The first kappa shape index (κ1) is 46.6. The van der Waals surface area contributed by atoms with E-state index >= 15 is 0 Å². The summed E-state index contributed by atoms with van der Waals surface area (Å²) in [6, 6.07) is 42.9. The number of benzene rings is 7. The van der Waals surface area contributed by atoms with Crippen LogP contribution in [0.4, 0.5) is 0 Å². The van der Waals surface area contributed by atoms with E-state index in [1.807, 2.05) is 72.8 Å². The van der Waals surface area contributed by atoms with Gasteiger partial charge in [0.1, 0.15) is 29.5 Å². The molecule has 0 radical (unpaired) electrons. The van der Waals surface area contributed by atoms with Gasteiger partial charge >= 0.3 is 11.9 Å². The Balaban J connectivity index is 0.874. The van der Waals surface area contributed by atoms with Crippen molar-refractivity contribution in [2.45, 2.75) is 83.2 Å². The molecule has 7 aromatic rings. The molecule has 1 unspecified atom stereocenters. The number of hydrogen-bond donors (Lipinski definition) is 0. The number of esters is 2. The van der Waals surface area contributed by atoms with Gasteiger partial charge in [-0.1, -0.05) is 112 Å². The lowest BCUT2D eigenvalue weighted by Gasteiger charge is -2.34. The summed E-state index contributed by atoms with van der Waals surface area (Å²) in [5.41, 5.74) is 10.4. The molecule has 0 saturated heterocycles. The molecule has 356 valence electrons. The molecule has 1 fully saturated rings. The van der Waals surface area contributed by atoms with Gasteiger partial charge in [0.05, 0.1) is 25.3 Å². The molecule has 8 heteroatoms. The summed E-state index contributed by atoms with van der Waals surface area (Å²) < 4.78 is 36.7. The van der Waals surface area contributed by atoms with Crippen LogP contribution in [-0.4, -0.2) is 39.9 Å². The Kier molecular flexibility index (Phi) is 13.3. The molecule has 0 aromatic heterocycles. The van der Waals surface area contributed by atoms with Gasteiger partial charge in [-0.2, -0.15) is 0 Å². The van der Waals surface area contributed by atoms with E-state index in [1.54, 1.807) is 45.6 Å². The predicted octanol–water partition coefficient (Wildman–Crippen LogP) is 14.9. The van der Waals surface area contributed by atoms with Crippen LogP contribution in [0.5, 0.6) is 28.7 Å². The molecule has 0 amide bonds. The Morgan fingerprint density at radius 1 is 0.629 bits per heavy atom. The molecule has 2 aliphatic carbocycles. The van der Waals surface area contributed by atoms with Crippen LogP contribution in [0.25, 0.3) is 38.6 Å². The van der Waals surface area contributed by atoms with Crippen LogP contribution in [0.2, 0.25) is 0 Å². The Morgan fingerprint density at radius 2 is 1.26 bits per heavy atom. The lowest BCUT2D eigenvalue weighted by atomic mass is 9.77. The van der Waals surface area contributed by atoms with Crippen LogP contribution in [0.3, 0.4) is 0 Å². The molecule has 0 spiro atoms. The van der Waals surface area contributed by atoms with Crippen molar-refractivity contribution in [3.63, 3.8) is 0 Å². The Bertz CT molecular complexity index is 3060. The summed E-state index contributed by atoms with van der Waals surface area (Å²) in [6.07, 6.45) is 13.2. The van der Waals surface area contributed by atoms with Crippen molar-refractivity contribution in [3.8, 4) is 51.0 Å². The van der Waals surface area contributed by atoms with E-state index in [2.05, 4.69) is 56.3 Å². The van der Waals surface area contributed by atoms with Crippen molar-refractivity contribution in [1.29, 1.82) is 0 Å². The second kappa shape index (κ2) is 20.1. The van der Waals surface area contributed by atoms with Crippen molar-refractivity contribution in [2.75, 3.05) is 27.9 Å². The van der Waals surface area contributed by atoms with Crippen molar-refractivity contribution in [3.05, 3.63) is 178 Å². The number of hydrogen-bond acceptors (Lipinski definition) is 8. The lowest BCUT2D eigenvalue weighted by molar-refractivity contribution is 0.0222. The van der Waals surface area contributed by atoms with E-state index in [4.69, 9.17) is 28.4 Å². The monoisotopic (exact) mass is 932 g/mol. The molecule has 0 bridgehead atoms. The third-order valence-corrected chi connectivity index (χ3v) is 15.0. The standard InChI is InChI=1S/C62H60O8/c1-6-8-9-12-39-15-17-40(18-16-39)41-19-23-45(24-20-41)60(63)69-48-33-27-43(28-34-48)42-21-25-46(26-22-42)61(64)70-55-37-51-52(38-54(55)66-4)59-57(49(35-36-68-59)44-29-31-47(65-3)32-30-44)58-56(51)50-13-10-11-14-53(50)62(58,7-2)67-5/h10-11,13-14,19-35,37-40H,6-9,12,15-18,36H2,1-5H3. The van der Waals surface area contributed by atoms with E-state index in [0.717, 1.165) is 72.5 Å². The van der Waals surface area contributed by atoms with E-state index in [0.29, 0.717) is 47.3 Å². The zero-order valence-corrected chi connectivity index (χ0v) is 40.8. The van der Waals surface area contributed by atoms with Crippen molar-refractivity contribution in [2.24, 2.45) is 5.92 Å². The van der Waals surface area contributed by atoms with Gasteiger partial charge in [0.15, 0.2) is 11.5 Å². The fourth-order valence-corrected chi connectivity index (χ4v) is 11.2. The number of rotatable bonds is 15. The first-order valence-corrected chi connectivity index (χ1v) is 24.9. The smallest absolute Gasteiger partial charge is 0.343 e. The summed E-state index contributed by atoms with van der Waals surface area (Å²) in [7, 11) is 5.01. The van der Waals surface area contributed by atoms with E-state index in [1.165, 1.54) is 56.9 Å². The Morgan fingerprint density at radius 3 is 1.91 bits per heavy atom. The maximum absolute atomic E-state index is 14.0. The van der Waals surface area contributed by atoms with Crippen molar-refractivity contribution in [1.82, 2.24) is 0 Å². The van der Waals surface area contributed by atoms with Gasteiger partial charge in [-0.25, -0.2) is 9.59 Å². The first-order chi connectivity index (χ1) is 34.3. The molecular formula is C62H60O8. The number of ether oxygens (including phenoxy) is 6. The molecule has 10 rings (SSSR count). The van der Waals surface area contributed by atoms with Crippen LogP contribution < -0.4 is 23.7 Å². The van der Waals surface area contributed by atoms with Crippen molar-refractivity contribution >= 4 is 28.3 Å². The number of carbonyl (C=O) groups excluding carboxylic acids is 2. The predicted molar refractivity (Wildman–Crippen MR) is 277 cm³/mol. The topological polar surface area (TPSA) is 89.5 Å². The summed E-state index contributed by atoms with van der Waals surface area (Å²) in [5.74, 6) is 3.15. The Hall–Kier alpha value is -7.16. The minimum atomic E-state index is -0.779. The molecule has 70 heavy (non-hydrogen) atoms. The van der Waals surface area contributed by atoms with Crippen LogP contribution in [0, 0.1) is 5.92 Å². The normalized spacial score (nSPS) is 17.9. The summed E-state index contributed by atoms with van der Waals surface area (Å²) in [5, 5.41) is 1.69. The molecular weight excluding hydrogens is 873 g/mol. The van der Waals surface area contributed by atoms with E-state index in [-0.39, 0.29) is 11.7 Å². The van der Waals surface area contributed by atoms with Gasteiger partial charge in [-0.15, -0.1) is 0 Å². The largest absolute Gasteiger partial charge is 0.497 e. The first-order valence-electron chi connectivity index (χ1n) is 24.9. The molecule has 7 aromatic carbocycles. The van der Waals surface area contributed by atoms with Crippen LogP contribution >= 0.6 is 0 Å². The van der Waals surface area contributed by atoms with Crippen LogP contribution in [0.1, 0.15) is 126 Å². The highest BCUT2D eigenvalue weighted by molar-refractivity contribution is 6.11. The second-order valence-corrected chi connectivity index (χ2v) is 18.8. The van der Waals surface area contributed by atoms with Gasteiger partial charge in [0.25, 0.3) is 0 Å². The number of unbranched alkanes of at least 4 members (excludes halogenated alkanes) is 2. The zero-order valence-electron chi connectivity index (χ0n) is 40.8. The molecule has 1 saturated carbocycles. The number of fused-ring (bicyclic) bond motifs is 8. The molecule has 8 nitrogen and oxygen atoms in total. The highest BCUT2D eigenvalue weighted by Gasteiger charge is 2.47. The quantitative estimate of drug-likeness (QED) is 0.0571. The minimum absolute atomic E-state index is 0.286. The molecule has 1 atom stereocenters. The summed E-state index contributed by atoms with van der Waals surface area (Å²) in [6.45, 7) is 4.78. The average Bonchev–Trinajstić information content (AvgIpc) is 3.72. The van der Waals surface area contributed by atoms with Gasteiger partial charge in [-0.3, -0.25) is 0 Å². The molecule has 3 aliphatic rings. The van der Waals surface area contributed by atoms with Gasteiger partial charge < -0.3 is 28.4 Å². The van der Waals surface area contributed by atoms with Gasteiger partial charge in [-0.05, 0) is 161 Å². The fourth-order valence-electron chi connectivity index (χ4n) is 11.2. The molecule has 1 aliphatic heterocycles. The van der Waals surface area contributed by atoms with E-state index in [9.17, 15) is 9.59 Å². The molecule has 1 heterocycles. The highest BCUT2D eigenvalue weighted by Crippen LogP contribution is 2.60. The van der Waals surface area contributed by atoms with Crippen LogP contribution in [-0.2, 0) is 10.3 Å². The maximum atomic E-state index is 14.0. The summed E-state index contributed by atoms with van der Waals surface area (Å²) >= 11 is 0. The number of methoxy groups -OCH3 is 3. The van der Waals surface area contributed by atoms with Gasteiger partial charge in [0.2, 0.25) is 0 Å². The number of carbonyl (C=O) groups is 2. The maximum Gasteiger partial charge on any atom is 0.343 e. The summed E-state index contributed by atoms with van der Waals surface area (Å²) in [4.78, 5) is 27.2. The van der Waals surface area contributed by atoms with Crippen molar-refractivity contribution < 1.29 is 38.0 Å². The third kappa shape index (κ3) is 8.63. The highest BCUT2D eigenvalue weighted by atomic mass is 16.6. The Labute approximate surface area is 411 Å². The second-order valence-electron chi connectivity index (χ2n) is 18.8. The average molecular weight is 933 g/mol. The third-order valence-electron chi connectivity index (χ3n) is 15.0. The zero-order chi connectivity index (χ0) is 48.4. The molecule has 0 N–H and O–H groups in total. The van der Waals surface area contributed by atoms with Gasteiger partial charge in [0, 0.05) is 23.6 Å². The SMILES string of the molecule is CCCCCC1CCC(c2ccc(C(=O)Oc3ccc(-c4ccc(C(=O)Oc5cc6c7c(c8c(c6cc5OC)OCC=C8c5ccc(OC)cc5)C(CC)(OC)c5ccccc5-7)cc4)cc3)cc2)CC1. The fraction of sp³-hybridized carbons (Fsp3) is 0.290. The van der Waals surface area contributed by atoms with Crippen LogP contribution in [0.15, 0.2) is 140 Å². The minimum Gasteiger partial charge on any atom is -0.497 e. The van der Waals surface area contributed by atoms with E-state index < -0.39 is 11.6 Å². The lowest BCUT2D eigenvalue weighted by Crippen LogP contribution is -2.28.